The standard InChI is InChI=1S/C12H23NO2/c1-12(2,3)11(15)13-8-9-6-4-5-7-10(9)14/h9-10,14H,4-8H2,1-3H3,(H,13,15). The van der Waals surface area contributed by atoms with Gasteiger partial charge in [0.2, 0.25) is 5.91 Å². The molecule has 0 aromatic heterocycles. The molecule has 1 aliphatic rings. The van der Waals surface area contributed by atoms with Crippen LogP contribution in [0.15, 0.2) is 0 Å². The van der Waals surface area contributed by atoms with Crippen molar-refractivity contribution in [3.8, 4) is 0 Å². The number of carbonyl (C=O) groups is 1. The van der Waals surface area contributed by atoms with E-state index in [2.05, 4.69) is 5.32 Å². The molecule has 1 saturated carbocycles. The van der Waals surface area contributed by atoms with Gasteiger partial charge in [-0.1, -0.05) is 33.6 Å². The summed E-state index contributed by atoms with van der Waals surface area (Å²) in [6.45, 7) is 6.33. The van der Waals surface area contributed by atoms with Gasteiger partial charge in [-0.15, -0.1) is 0 Å². The predicted octanol–water partition coefficient (Wildman–Crippen LogP) is 1.70. The minimum absolute atomic E-state index is 0.0697. The van der Waals surface area contributed by atoms with Crippen molar-refractivity contribution in [3.63, 3.8) is 0 Å². The van der Waals surface area contributed by atoms with E-state index in [4.69, 9.17) is 0 Å². The number of hydrogen-bond donors (Lipinski definition) is 2. The van der Waals surface area contributed by atoms with Crippen molar-refractivity contribution in [2.24, 2.45) is 11.3 Å². The predicted molar refractivity (Wildman–Crippen MR) is 60.4 cm³/mol. The lowest BCUT2D eigenvalue weighted by atomic mass is 9.86. The van der Waals surface area contributed by atoms with Crippen LogP contribution < -0.4 is 5.32 Å². The first-order valence-electron chi connectivity index (χ1n) is 5.87. The van der Waals surface area contributed by atoms with Crippen LogP contribution in [0, 0.1) is 11.3 Å². The van der Waals surface area contributed by atoms with Gasteiger partial charge in [-0.3, -0.25) is 4.79 Å². The molecule has 1 aliphatic carbocycles. The smallest absolute Gasteiger partial charge is 0.225 e. The number of carbonyl (C=O) groups excluding carboxylic acids is 1. The minimum Gasteiger partial charge on any atom is -0.393 e. The quantitative estimate of drug-likeness (QED) is 0.733. The lowest BCUT2D eigenvalue weighted by Crippen LogP contribution is -2.41. The molecule has 1 amide bonds. The van der Waals surface area contributed by atoms with E-state index in [1.165, 1.54) is 6.42 Å². The molecule has 0 bridgehead atoms. The summed E-state index contributed by atoms with van der Waals surface area (Å²) in [6, 6.07) is 0. The lowest BCUT2D eigenvalue weighted by molar-refractivity contribution is -0.128. The van der Waals surface area contributed by atoms with Gasteiger partial charge in [0.05, 0.1) is 6.10 Å². The zero-order chi connectivity index (χ0) is 11.5. The van der Waals surface area contributed by atoms with Crippen molar-refractivity contribution in [3.05, 3.63) is 0 Å². The third-order valence-corrected chi connectivity index (χ3v) is 3.07. The normalized spacial score (nSPS) is 27.5. The Hall–Kier alpha value is -0.570. The summed E-state index contributed by atoms with van der Waals surface area (Å²) >= 11 is 0. The zero-order valence-corrected chi connectivity index (χ0v) is 10.0. The molecule has 2 unspecified atom stereocenters. The van der Waals surface area contributed by atoms with E-state index in [-0.39, 0.29) is 23.3 Å². The first-order chi connectivity index (χ1) is 6.91. The molecule has 0 aromatic carbocycles. The summed E-state index contributed by atoms with van der Waals surface area (Å²) in [7, 11) is 0. The highest BCUT2D eigenvalue weighted by Gasteiger charge is 2.26. The third-order valence-electron chi connectivity index (χ3n) is 3.07. The van der Waals surface area contributed by atoms with Crippen molar-refractivity contribution in [2.75, 3.05) is 6.54 Å². The molecule has 0 saturated heterocycles. The summed E-state index contributed by atoms with van der Waals surface area (Å²) in [5, 5.41) is 12.7. The zero-order valence-electron chi connectivity index (χ0n) is 10.0. The van der Waals surface area contributed by atoms with E-state index < -0.39 is 0 Å². The Balaban J connectivity index is 2.33. The first-order valence-corrected chi connectivity index (χ1v) is 5.87. The number of aliphatic hydroxyl groups excluding tert-OH is 1. The molecule has 0 radical (unpaired) electrons. The van der Waals surface area contributed by atoms with Crippen molar-refractivity contribution in [1.82, 2.24) is 5.32 Å². The van der Waals surface area contributed by atoms with Crippen molar-refractivity contribution in [2.45, 2.75) is 52.6 Å². The molecule has 2 atom stereocenters. The maximum Gasteiger partial charge on any atom is 0.225 e. The Morgan fingerprint density at radius 2 is 1.93 bits per heavy atom. The highest BCUT2D eigenvalue weighted by molar-refractivity contribution is 5.81. The van der Waals surface area contributed by atoms with Crippen molar-refractivity contribution < 1.29 is 9.90 Å². The summed E-state index contributed by atoms with van der Waals surface area (Å²) in [5.74, 6) is 0.324. The van der Waals surface area contributed by atoms with E-state index in [0.717, 1.165) is 19.3 Å². The molecule has 0 aliphatic heterocycles. The second-order valence-electron chi connectivity index (χ2n) is 5.57. The van der Waals surface area contributed by atoms with Crippen LogP contribution >= 0.6 is 0 Å². The molecule has 0 heterocycles. The van der Waals surface area contributed by atoms with Crippen molar-refractivity contribution in [1.29, 1.82) is 0 Å². The highest BCUT2D eigenvalue weighted by Crippen LogP contribution is 2.24. The fraction of sp³-hybridized carbons (Fsp3) is 0.917. The molecule has 88 valence electrons. The second-order valence-corrected chi connectivity index (χ2v) is 5.57. The number of hydrogen-bond acceptors (Lipinski definition) is 2. The van der Waals surface area contributed by atoms with Gasteiger partial charge in [-0.25, -0.2) is 0 Å². The topological polar surface area (TPSA) is 49.3 Å². The van der Waals surface area contributed by atoms with Crippen LogP contribution in [0.1, 0.15) is 46.5 Å². The van der Waals surface area contributed by atoms with Crippen LogP contribution in [0.3, 0.4) is 0 Å². The average Bonchev–Trinajstić information content (AvgIpc) is 2.14. The summed E-state index contributed by atoms with van der Waals surface area (Å²) in [4.78, 5) is 11.6. The molecular formula is C12H23NO2. The Kier molecular flexibility index (Phi) is 4.14. The van der Waals surface area contributed by atoms with Crippen LogP contribution in [-0.2, 0) is 4.79 Å². The van der Waals surface area contributed by atoms with Gasteiger partial charge >= 0.3 is 0 Å². The van der Waals surface area contributed by atoms with Gasteiger partial charge in [0.25, 0.3) is 0 Å². The summed E-state index contributed by atoms with van der Waals surface area (Å²) in [6.07, 6.45) is 3.98. The molecule has 1 rings (SSSR count). The molecule has 2 N–H and O–H groups in total. The highest BCUT2D eigenvalue weighted by atomic mass is 16.3. The molecular weight excluding hydrogens is 190 g/mol. The van der Waals surface area contributed by atoms with E-state index in [1.54, 1.807) is 0 Å². The van der Waals surface area contributed by atoms with Crippen LogP contribution in [0.2, 0.25) is 0 Å². The SMILES string of the molecule is CC(C)(C)C(=O)NCC1CCCCC1O. The van der Waals surface area contributed by atoms with E-state index in [1.807, 2.05) is 20.8 Å². The second kappa shape index (κ2) is 4.97. The van der Waals surface area contributed by atoms with Gasteiger partial charge in [0, 0.05) is 17.9 Å². The Morgan fingerprint density at radius 1 is 1.33 bits per heavy atom. The maximum absolute atomic E-state index is 11.6. The van der Waals surface area contributed by atoms with Gasteiger partial charge in [-0.05, 0) is 12.8 Å². The fourth-order valence-electron chi connectivity index (χ4n) is 1.92. The number of aliphatic hydroxyl groups is 1. The van der Waals surface area contributed by atoms with Crippen LogP contribution in [0.25, 0.3) is 0 Å². The Labute approximate surface area is 92.3 Å². The van der Waals surface area contributed by atoms with Gasteiger partial charge in [0.1, 0.15) is 0 Å². The summed E-state index contributed by atoms with van der Waals surface area (Å²) < 4.78 is 0. The number of nitrogens with one attached hydrogen (secondary N) is 1. The molecule has 1 fully saturated rings. The van der Waals surface area contributed by atoms with Gasteiger partial charge in [0.15, 0.2) is 0 Å². The molecule has 15 heavy (non-hydrogen) atoms. The van der Waals surface area contributed by atoms with Gasteiger partial charge in [-0.2, -0.15) is 0 Å². The molecule has 0 aromatic rings. The Morgan fingerprint density at radius 3 is 2.47 bits per heavy atom. The third kappa shape index (κ3) is 3.82. The first kappa shape index (κ1) is 12.5. The van der Waals surface area contributed by atoms with E-state index >= 15 is 0 Å². The molecule has 0 spiro atoms. The van der Waals surface area contributed by atoms with E-state index in [9.17, 15) is 9.90 Å². The van der Waals surface area contributed by atoms with Crippen LogP contribution in [0.4, 0.5) is 0 Å². The summed E-state index contributed by atoms with van der Waals surface area (Å²) in [5.41, 5.74) is -0.334. The largest absolute Gasteiger partial charge is 0.393 e. The Bertz CT molecular complexity index is 220. The maximum atomic E-state index is 11.6. The molecule has 3 heteroatoms. The monoisotopic (exact) mass is 213 g/mol. The van der Waals surface area contributed by atoms with E-state index in [0.29, 0.717) is 6.54 Å². The van der Waals surface area contributed by atoms with Crippen LogP contribution in [-0.4, -0.2) is 23.7 Å². The number of rotatable bonds is 2. The minimum atomic E-state index is -0.334. The van der Waals surface area contributed by atoms with Crippen LogP contribution in [0.5, 0.6) is 0 Å². The lowest BCUT2D eigenvalue weighted by Gasteiger charge is -2.28. The fourth-order valence-corrected chi connectivity index (χ4v) is 1.92. The number of amides is 1. The van der Waals surface area contributed by atoms with Crippen molar-refractivity contribution >= 4 is 5.91 Å². The average molecular weight is 213 g/mol. The van der Waals surface area contributed by atoms with Gasteiger partial charge < -0.3 is 10.4 Å². The molecule has 3 nitrogen and oxygen atoms in total.